The van der Waals surface area contributed by atoms with Gasteiger partial charge in [-0.1, -0.05) is 38.6 Å². The molecule has 1 rings (SSSR count). The van der Waals surface area contributed by atoms with Crippen LogP contribution in [0.2, 0.25) is 5.82 Å². The Labute approximate surface area is 150 Å². The normalized spacial score (nSPS) is 13.0. The molecule has 0 bridgehead atoms. The molecule has 1 aromatic carbocycles. The third kappa shape index (κ3) is 7.54. The van der Waals surface area contributed by atoms with Gasteiger partial charge in [-0.3, -0.25) is 4.79 Å². The highest BCUT2D eigenvalue weighted by Gasteiger charge is 2.24. The van der Waals surface area contributed by atoms with Crippen LogP contribution < -0.4 is 15.8 Å². The monoisotopic (exact) mass is 346 g/mol. The van der Waals surface area contributed by atoms with E-state index in [1.54, 1.807) is 6.08 Å². The molecule has 0 spiro atoms. The standard InChI is InChI=1S/C18H27BN2O4/c1-4-9-24-15-7-5-14(6-8-15)10-16(19-25-12-20)18(23)21-17(11-22)13(2)3/h4-8,11,13,16-17,19H,1,9-10,12,20H2,2-3H3,(H,21,23)/t16-,17+/m0/s1. The molecule has 3 N–H and O–H groups in total. The first-order valence-electron chi connectivity index (χ1n) is 8.37. The molecule has 0 aromatic heterocycles. The van der Waals surface area contributed by atoms with Crippen LogP contribution in [0.3, 0.4) is 0 Å². The molecule has 136 valence electrons. The van der Waals surface area contributed by atoms with Crippen LogP contribution >= 0.6 is 0 Å². The summed E-state index contributed by atoms with van der Waals surface area (Å²) in [6, 6.07) is 6.99. The van der Waals surface area contributed by atoms with E-state index in [0.29, 0.717) is 13.0 Å². The van der Waals surface area contributed by atoms with Gasteiger partial charge in [0.25, 0.3) is 7.48 Å². The Morgan fingerprint density at radius 1 is 1.36 bits per heavy atom. The number of benzene rings is 1. The lowest BCUT2D eigenvalue weighted by Crippen LogP contribution is -2.43. The van der Waals surface area contributed by atoms with Gasteiger partial charge in [0.05, 0.1) is 12.8 Å². The fourth-order valence-corrected chi connectivity index (χ4v) is 2.24. The summed E-state index contributed by atoms with van der Waals surface area (Å²) >= 11 is 0. The zero-order valence-corrected chi connectivity index (χ0v) is 14.9. The first-order chi connectivity index (χ1) is 12.0. The molecule has 0 heterocycles. The lowest BCUT2D eigenvalue weighted by atomic mass is 9.75. The first-order valence-corrected chi connectivity index (χ1v) is 8.37. The van der Waals surface area contributed by atoms with Crippen LogP contribution in [0.5, 0.6) is 5.75 Å². The predicted octanol–water partition coefficient (Wildman–Crippen LogP) is 1.21. The zero-order chi connectivity index (χ0) is 18.7. The summed E-state index contributed by atoms with van der Waals surface area (Å²) in [5.41, 5.74) is 6.35. The number of hydrogen-bond donors (Lipinski definition) is 2. The molecular formula is C18H27BN2O4. The Hall–Kier alpha value is -2.12. The van der Waals surface area contributed by atoms with Gasteiger partial charge in [0, 0.05) is 5.82 Å². The third-order valence-corrected chi connectivity index (χ3v) is 3.75. The van der Waals surface area contributed by atoms with E-state index in [9.17, 15) is 9.59 Å². The van der Waals surface area contributed by atoms with E-state index in [4.69, 9.17) is 15.1 Å². The van der Waals surface area contributed by atoms with Gasteiger partial charge in [0.1, 0.15) is 18.6 Å². The minimum Gasteiger partial charge on any atom is -0.490 e. The number of nitrogens with two attached hydrogens (primary N) is 1. The summed E-state index contributed by atoms with van der Waals surface area (Å²) in [6.07, 6.45) is 2.92. The SMILES string of the molecule is C=CCOc1ccc(C[C@H](BOCN)C(=O)N[C@H](C=O)C(C)C)cc1. The quantitative estimate of drug-likeness (QED) is 0.257. The van der Waals surface area contributed by atoms with E-state index in [0.717, 1.165) is 17.6 Å². The van der Waals surface area contributed by atoms with Crippen molar-refractivity contribution in [3.05, 3.63) is 42.5 Å². The average molecular weight is 346 g/mol. The summed E-state index contributed by atoms with van der Waals surface area (Å²) in [6.45, 7) is 7.85. The molecule has 0 saturated carbocycles. The Kier molecular flexibility index (Phi) is 9.58. The molecule has 7 heteroatoms. The summed E-state index contributed by atoms with van der Waals surface area (Å²) in [7, 11) is 0.195. The zero-order valence-electron chi connectivity index (χ0n) is 14.9. The second-order valence-corrected chi connectivity index (χ2v) is 6.10. The topological polar surface area (TPSA) is 90.7 Å². The molecule has 2 atom stereocenters. The Morgan fingerprint density at radius 2 is 2.04 bits per heavy atom. The molecule has 1 amide bonds. The van der Waals surface area contributed by atoms with Gasteiger partial charge in [-0.25, -0.2) is 0 Å². The highest BCUT2D eigenvalue weighted by molar-refractivity contribution is 6.37. The first kappa shape index (κ1) is 20.9. The molecule has 0 saturated heterocycles. The smallest absolute Gasteiger partial charge is 0.289 e. The maximum absolute atomic E-state index is 12.5. The van der Waals surface area contributed by atoms with Crippen molar-refractivity contribution in [2.24, 2.45) is 11.7 Å². The number of ether oxygens (including phenoxy) is 1. The minimum atomic E-state index is -0.512. The molecule has 0 aliphatic rings. The number of aldehydes is 1. The van der Waals surface area contributed by atoms with E-state index in [-0.39, 0.29) is 26.0 Å². The maximum Gasteiger partial charge on any atom is 0.289 e. The van der Waals surface area contributed by atoms with Crippen LogP contribution in [0.4, 0.5) is 0 Å². The number of hydrogen-bond acceptors (Lipinski definition) is 5. The largest absolute Gasteiger partial charge is 0.490 e. The van der Waals surface area contributed by atoms with Gasteiger partial charge in [0.2, 0.25) is 5.91 Å². The third-order valence-electron chi connectivity index (χ3n) is 3.75. The van der Waals surface area contributed by atoms with Gasteiger partial charge >= 0.3 is 0 Å². The second kappa shape index (κ2) is 11.4. The Bertz CT molecular complexity index is 549. The average Bonchev–Trinajstić information content (AvgIpc) is 2.61. The van der Waals surface area contributed by atoms with Crippen LogP contribution in [-0.2, 0) is 20.7 Å². The number of amides is 1. The van der Waals surface area contributed by atoms with Crippen molar-refractivity contribution in [2.45, 2.75) is 32.1 Å². The molecule has 1 aromatic rings. The van der Waals surface area contributed by atoms with Gasteiger partial charge in [-0.2, -0.15) is 0 Å². The Morgan fingerprint density at radius 3 is 2.56 bits per heavy atom. The molecular weight excluding hydrogens is 319 g/mol. The van der Waals surface area contributed by atoms with Crippen molar-refractivity contribution in [3.8, 4) is 5.75 Å². The van der Waals surface area contributed by atoms with Crippen LogP contribution in [0, 0.1) is 5.92 Å². The molecule has 0 fully saturated rings. The van der Waals surface area contributed by atoms with Crippen LogP contribution in [-0.4, -0.2) is 39.1 Å². The number of carbonyl (C=O) groups excluding carboxylic acids is 2. The van der Waals surface area contributed by atoms with Crippen molar-refractivity contribution < 1.29 is 19.0 Å². The maximum atomic E-state index is 12.5. The number of nitrogens with one attached hydrogen (secondary N) is 1. The minimum absolute atomic E-state index is 0.0267. The van der Waals surface area contributed by atoms with Crippen molar-refractivity contribution >= 4 is 19.7 Å². The number of rotatable bonds is 12. The second-order valence-electron chi connectivity index (χ2n) is 6.10. The molecule has 6 nitrogen and oxygen atoms in total. The highest BCUT2D eigenvalue weighted by Crippen LogP contribution is 2.18. The van der Waals surface area contributed by atoms with Gasteiger partial charge in [-0.15, -0.1) is 0 Å². The highest BCUT2D eigenvalue weighted by atomic mass is 16.5. The predicted molar refractivity (Wildman–Crippen MR) is 99.7 cm³/mol. The summed E-state index contributed by atoms with van der Waals surface area (Å²) in [4.78, 5) is 23.6. The van der Waals surface area contributed by atoms with E-state index in [2.05, 4.69) is 11.9 Å². The van der Waals surface area contributed by atoms with E-state index < -0.39 is 11.9 Å². The van der Waals surface area contributed by atoms with Crippen LogP contribution in [0.1, 0.15) is 19.4 Å². The van der Waals surface area contributed by atoms with Gasteiger partial charge < -0.3 is 25.2 Å². The van der Waals surface area contributed by atoms with E-state index in [1.807, 2.05) is 38.1 Å². The van der Waals surface area contributed by atoms with Crippen molar-refractivity contribution in [3.63, 3.8) is 0 Å². The fraction of sp³-hybridized carbons (Fsp3) is 0.444. The van der Waals surface area contributed by atoms with E-state index >= 15 is 0 Å². The van der Waals surface area contributed by atoms with E-state index in [1.165, 1.54) is 0 Å². The molecule has 0 unspecified atom stereocenters. The summed E-state index contributed by atoms with van der Waals surface area (Å²) < 4.78 is 10.7. The van der Waals surface area contributed by atoms with Gasteiger partial charge in [0.15, 0.2) is 0 Å². The number of carbonyl (C=O) groups is 2. The molecule has 0 aliphatic heterocycles. The molecule has 25 heavy (non-hydrogen) atoms. The molecule has 0 radical (unpaired) electrons. The van der Waals surface area contributed by atoms with Crippen LogP contribution in [0.25, 0.3) is 0 Å². The molecule has 0 aliphatic carbocycles. The fourth-order valence-electron chi connectivity index (χ4n) is 2.24. The lowest BCUT2D eigenvalue weighted by Gasteiger charge is -2.21. The summed E-state index contributed by atoms with van der Waals surface area (Å²) in [5, 5.41) is 2.77. The van der Waals surface area contributed by atoms with Crippen molar-refractivity contribution in [1.82, 2.24) is 5.32 Å². The van der Waals surface area contributed by atoms with Crippen molar-refractivity contribution in [2.75, 3.05) is 13.3 Å². The summed E-state index contributed by atoms with van der Waals surface area (Å²) in [5.74, 6) is 0.124. The lowest BCUT2D eigenvalue weighted by molar-refractivity contribution is -0.124. The van der Waals surface area contributed by atoms with Gasteiger partial charge in [-0.05, 0) is 30.0 Å². The van der Waals surface area contributed by atoms with Crippen molar-refractivity contribution in [1.29, 1.82) is 0 Å². The Balaban J connectivity index is 2.75. The van der Waals surface area contributed by atoms with Crippen LogP contribution in [0.15, 0.2) is 36.9 Å².